The fourth-order valence-electron chi connectivity index (χ4n) is 2.71. The van der Waals surface area contributed by atoms with Crippen molar-refractivity contribution in [3.8, 4) is 17.4 Å². The lowest BCUT2D eigenvalue weighted by atomic mass is 10.1. The number of oxazole rings is 1. The van der Waals surface area contributed by atoms with Crippen LogP contribution in [0.1, 0.15) is 17.7 Å². The smallest absolute Gasteiger partial charge is 0.263 e. The zero-order valence-corrected chi connectivity index (χ0v) is 16.1. The molecule has 27 heavy (non-hydrogen) atoms. The maximum atomic E-state index is 5.79. The van der Waals surface area contributed by atoms with E-state index in [4.69, 9.17) is 13.6 Å². The van der Waals surface area contributed by atoms with Crippen LogP contribution in [0.25, 0.3) is 11.7 Å². The lowest BCUT2D eigenvalue weighted by Crippen LogP contribution is -1.98. The zero-order chi connectivity index (χ0) is 18.5. The molecular formula is C20H18BrN3O3. The molecule has 0 amide bonds. The number of aryl methyl sites for hydroxylation is 2. The van der Waals surface area contributed by atoms with E-state index in [0.29, 0.717) is 28.6 Å². The highest BCUT2D eigenvalue weighted by Gasteiger charge is 2.11. The second-order valence-corrected chi connectivity index (χ2v) is 6.87. The number of hydrogen-bond donors (Lipinski definition) is 0. The normalized spacial score (nSPS) is 11.0. The summed E-state index contributed by atoms with van der Waals surface area (Å²) in [5, 5.41) is 0. The predicted molar refractivity (Wildman–Crippen MR) is 103 cm³/mol. The average Bonchev–Trinajstić information content (AvgIpc) is 3.43. The summed E-state index contributed by atoms with van der Waals surface area (Å²) in [5.74, 6) is 1.82. The Morgan fingerprint density at radius 1 is 1.11 bits per heavy atom. The fourth-order valence-corrected chi connectivity index (χ4v) is 3.02. The van der Waals surface area contributed by atoms with Gasteiger partial charge in [0, 0.05) is 18.9 Å². The number of ether oxygens (including phenoxy) is 1. The molecule has 1 aromatic carbocycles. The first-order valence-corrected chi connectivity index (χ1v) is 9.43. The highest BCUT2D eigenvalue weighted by molar-refractivity contribution is 9.10. The summed E-state index contributed by atoms with van der Waals surface area (Å²) in [6.07, 6.45) is 9.30. The minimum atomic E-state index is 0.339. The molecule has 7 heteroatoms. The van der Waals surface area contributed by atoms with E-state index in [2.05, 4.69) is 42.6 Å². The number of halogens is 1. The average molecular weight is 428 g/mol. The second kappa shape index (κ2) is 8.26. The molecule has 0 unspecified atom stereocenters. The van der Waals surface area contributed by atoms with Crippen molar-refractivity contribution in [3.05, 3.63) is 77.3 Å². The van der Waals surface area contributed by atoms with Gasteiger partial charge in [-0.15, -0.1) is 0 Å². The summed E-state index contributed by atoms with van der Waals surface area (Å²) < 4.78 is 19.4. The van der Waals surface area contributed by atoms with Gasteiger partial charge in [0.05, 0.1) is 6.33 Å². The summed E-state index contributed by atoms with van der Waals surface area (Å²) in [7, 11) is 0. The van der Waals surface area contributed by atoms with E-state index in [9.17, 15) is 0 Å². The largest absolute Gasteiger partial charge is 0.487 e. The van der Waals surface area contributed by atoms with Crippen molar-refractivity contribution in [3.63, 3.8) is 0 Å². The second-order valence-electron chi connectivity index (χ2n) is 6.08. The van der Waals surface area contributed by atoms with Gasteiger partial charge in [0.25, 0.3) is 5.89 Å². The van der Waals surface area contributed by atoms with E-state index in [-0.39, 0.29) is 0 Å². The van der Waals surface area contributed by atoms with E-state index in [1.165, 1.54) is 5.56 Å². The van der Waals surface area contributed by atoms with E-state index in [1.807, 2.05) is 24.7 Å². The van der Waals surface area contributed by atoms with Crippen LogP contribution < -0.4 is 4.74 Å². The van der Waals surface area contributed by atoms with Crippen LogP contribution in [0.3, 0.4) is 0 Å². The summed E-state index contributed by atoms with van der Waals surface area (Å²) in [5.41, 5.74) is 2.00. The minimum Gasteiger partial charge on any atom is -0.487 e. The molecule has 0 N–H and O–H groups in total. The Kier molecular flexibility index (Phi) is 5.39. The van der Waals surface area contributed by atoms with Gasteiger partial charge in [-0.1, -0.05) is 12.1 Å². The molecule has 3 aromatic heterocycles. The topological polar surface area (TPSA) is 66.2 Å². The standard InChI is InChI=1S/C20H18BrN3O3/c21-19-8-7-18(27-19)20-23-16(13-26-20)12-25-17-5-3-15(4-6-17)2-1-10-24-11-9-22-14-24/h3-9,11,13-14H,1-2,10,12H2. The number of aromatic nitrogens is 3. The van der Waals surface area contributed by atoms with Crippen molar-refractivity contribution in [2.75, 3.05) is 0 Å². The Morgan fingerprint density at radius 2 is 2.00 bits per heavy atom. The van der Waals surface area contributed by atoms with Gasteiger partial charge in [-0.25, -0.2) is 9.97 Å². The van der Waals surface area contributed by atoms with Crippen LogP contribution in [0, 0.1) is 0 Å². The summed E-state index contributed by atoms with van der Waals surface area (Å²) in [6, 6.07) is 11.8. The third-order valence-electron chi connectivity index (χ3n) is 4.09. The maximum Gasteiger partial charge on any atom is 0.263 e. The molecular weight excluding hydrogens is 410 g/mol. The maximum absolute atomic E-state index is 5.79. The molecule has 0 bridgehead atoms. The van der Waals surface area contributed by atoms with E-state index in [1.54, 1.807) is 24.6 Å². The van der Waals surface area contributed by atoms with Crippen LogP contribution in [0.2, 0.25) is 0 Å². The number of rotatable bonds is 8. The summed E-state index contributed by atoms with van der Waals surface area (Å²) in [6.45, 7) is 1.31. The summed E-state index contributed by atoms with van der Waals surface area (Å²) >= 11 is 3.26. The van der Waals surface area contributed by atoms with Crippen molar-refractivity contribution in [1.29, 1.82) is 0 Å². The molecule has 4 rings (SSSR count). The number of furan rings is 1. The molecule has 0 aliphatic rings. The van der Waals surface area contributed by atoms with Crippen LogP contribution in [-0.4, -0.2) is 14.5 Å². The van der Waals surface area contributed by atoms with Gasteiger partial charge >= 0.3 is 0 Å². The van der Waals surface area contributed by atoms with Gasteiger partial charge in [-0.3, -0.25) is 0 Å². The molecule has 4 aromatic rings. The van der Waals surface area contributed by atoms with E-state index >= 15 is 0 Å². The van der Waals surface area contributed by atoms with Gasteiger partial charge < -0.3 is 18.1 Å². The monoisotopic (exact) mass is 427 g/mol. The Bertz CT molecular complexity index is 974. The van der Waals surface area contributed by atoms with Gasteiger partial charge in [-0.05, 0) is 58.6 Å². The Morgan fingerprint density at radius 3 is 2.74 bits per heavy atom. The molecule has 138 valence electrons. The molecule has 0 saturated carbocycles. The number of benzene rings is 1. The lowest BCUT2D eigenvalue weighted by Gasteiger charge is -2.06. The number of nitrogens with zero attached hydrogens (tertiary/aromatic N) is 3. The molecule has 0 fully saturated rings. The quantitative estimate of drug-likeness (QED) is 0.391. The highest BCUT2D eigenvalue weighted by Crippen LogP contribution is 2.24. The molecule has 3 heterocycles. The van der Waals surface area contributed by atoms with Crippen LogP contribution in [0.5, 0.6) is 5.75 Å². The van der Waals surface area contributed by atoms with Crippen LogP contribution >= 0.6 is 15.9 Å². The highest BCUT2D eigenvalue weighted by atomic mass is 79.9. The summed E-state index contributed by atoms with van der Waals surface area (Å²) in [4.78, 5) is 8.43. The molecule has 0 saturated heterocycles. The van der Waals surface area contributed by atoms with Gasteiger partial charge in [0.2, 0.25) is 0 Å². The van der Waals surface area contributed by atoms with Crippen molar-refractivity contribution >= 4 is 15.9 Å². The number of hydrogen-bond acceptors (Lipinski definition) is 5. The minimum absolute atomic E-state index is 0.339. The van der Waals surface area contributed by atoms with Crippen molar-refractivity contribution in [2.45, 2.75) is 26.0 Å². The zero-order valence-electron chi connectivity index (χ0n) is 14.5. The molecule has 0 aliphatic carbocycles. The molecule has 0 atom stereocenters. The first-order valence-electron chi connectivity index (χ1n) is 8.64. The van der Waals surface area contributed by atoms with Crippen LogP contribution in [0.15, 0.2) is 74.9 Å². The molecule has 0 radical (unpaired) electrons. The fraction of sp³-hybridized carbons (Fsp3) is 0.200. The Labute approximate surface area is 164 Å². The predicted octanol–water partition coefficient (Wildman–Crippen LogP) is 5.11. The molecule has 0 aliphatic heterocycles. The molecule has 6 nitrogen and oxygen atoms in total. The Balaban J connectivity index is 1.27. The third-order valence-corrected chi connectivity index (χ3v) is 4.51. The van der Waals surface area contributed by atoms with Gasteiger partial charge in [-0.2, -0.15) is 0 Å². The van der Waals surface area contributed by atoms with E-state index in [0.717, 1.165) is 25.1 Å². The van der Waals surface area contributed by atoms with Crippen LogP contribution in [-0.2, 0) is 19.6 Å². The van der Waals surface area contributed by atoms with Crippen molar-refractivity contribution in [2.24, 2.45) is 0 Å². The van der Waals surface area contributed by atoms with Crippen molar-refractivity contribution < 1.29 is 13.6 Å². The number of imidazole rings is 1. The third kappa shape index (κ3) is 4.68. The first-order chi connectivity index (χ1) is 13.3. The molecule has 0 spiro atoms. The van der Waals surface area contributed by atoms with E-state index < -0.39 is 0 Å². The lowest BCUT2D eigenvalue weighted by molar-refractivity contribution is 0.301. The van der Waals surface area contributed by atoms with Gasteiger partial charge in [0.1, 0.15) is 24.3 Å². The van der Waals surface area contributed by atoms with Gasteiger partial charge in [0.15, 0.2) is 10.4 Å². The SMILES string of the molecule is Brc1ccc(-c2nc(COc3ccc(CCCn4ccnc4)cc3)co2)o1. The Hall–Kier alpha value is -2.80. The van der Waals surface area contributed by atoms with Crippen LogP contribution in [0.4, 0.5) is 0 Å². The van der Waals surface area contributed by atoms with Crippen molar-refractivity contribution in [1.82, 2.24) is 14.5 Å². The first kappa shape index (κ1) is 17.6.